The fraction of sp³-hybridized carbons (Fsp3) is 0.182. The van der Waals surface area contributed by atoms with Crippen molar-refractivity contribution in [3.8, 4) is 0 Å². The number of benzene rings is 1. The minimum atomic E-state index is -0.273. The molecule has 2 aromatic rings. The summed E-state index contributed by atoms with van der Waals surface area (Å²) < 4.78 is 1.55. The Balaban J connectivity index is 2.07. The van der Waals surface area contributed by atoms with Gasteiger partial charge in [-0.2, -0.15) is 0 Å². The van der Waals surface area contributed by atoms with Gasteiger partial charge in [0.05, 0.1) is 5.75 Å². The van der Waals surface area contributed by atoms with Crippen molar-refractivity contribution >= 4 is 40.9 Å². The SMILES string of the molecule is O=C1CSC(c2c(Cl)cccc2Cl)N1n1cnnc1. The first kappa shape index (κ1) is 12.8. The minimum Gasteiger partial charge on any atom is -0.272 e. The van der Waals surface area contributed by atoms with E-state index in [4.69, 9.17) is 23.2 Å². The summed E-state index contributed by atoms with van der Waals surface area (Å²) in [7, 11) is 0. The molecule has 1 atom stereocenters. The number of aromatic nitrogens is 3. The maximum absolute atomic E-state index is 12.0. The average molecular weight is 315 g/mol. The van der Waals surface area contributed by atoms with Gasteiger partial charge in [0.25, 0.3) is 5.91 Å². The van der Waals surface area contributed by atoms with Crippen LogP contribution < -0.4 is 5.01 Å². The van der Waals surface area contributed by atoms with Crippen LogP contribution in [-0.2, 0) is 4.79 Å². The normalized spacial score (nSPS) is 19.2. The first-order valence-corrected chi connectivity index (χ1v) is 7.21. The molecule has 1 saturated heterocycles. The summed E-state index contributed by atoms with van der Waals surface area (Å²) in [6.07, 6.45) is 2.95. The van der Waals surface area contributed by atoms with Crippen molar-refractivity contribution in [1.82, 2.24) is 14.9 Å². The number of thioether (sulfide) groups is 1. The van der Waals surface area contributed by atoms with Gasteiger partial charge in [-0.05, 0) is 12.1 Å². The fourth-order valence-electron chi connectivity index (χ4n) is 1.93. The number of carbonyl (C=O) groups excluding carboxylic acids is 1. The van der Waals surface area contributed by atoms with Gasteiger partial charge in [0.2, 0.25) is 0 Å². The zero-order valence-electron chi connectivity index (χ0n) is 9.53. The Bertz CT molecular complexity index is 599. The Morgan fingerprint density at radius 1 is 1.21 bits per heavy atom. The topological polar surface area (TPSA) is 51.0 Å². The Labute approximate surface area is 123 Å². The predicted octanol–water partition coefficient (Wildman–Crippen LogP) is 2.50. The molecule has 0 spiro atoms. The van der Waals surface area contributed by atoms with E-state index >= 15 is 0 Å². The van der Waals surface area contributed by atoms with Gasteiger partial charge in [0, 0.05) is 15.6 Å². The molecule has 0 N–H and O–H groups in total. The summed E-state index contributed by atoms with van der Waals surface area (Å²) in [5.74, 6) is 0.329. The summed E-state index contributed by atoms with van der Waals surface area (Å²) >= 11 is 13.9. The monoisotopic (exact) mass is 314 g/mol. The van der Waals surface area contributed by atoms with Crippen LogP contribution in [0, 0.1) is 0 Å². The largest absolute Gasteiger partial charge is 0.272 e. The van der Waals surface area contributed by atoms with Crippen LogP contribution in [0.15, 0.2) is 30.9 Å². The maximum atomic E-state index is 12.0. The van der Waals surface area contributed by atoms with Crippen molar-refractivity contribution in [2.45, 2.75) is 5.37 Å². The standard InChI is InChI=1S/C11H8Cl2N4OS/c12-7-2-1-3-8(13)10(7)11-17(9(18)4-19-11)16-5-14-15-6-16/h1-3,5-6,11H,4H2. The van der Waals surface area contributed by atoms with Crippen LogP contribution in [0.2, 0.25) is 10.0 Å². The summed E-state index contributed by atoms with van der Waals surface area (Å²) in [4.78, 5) is 12.0. The quantitative estimate of drug-likeness (QED) is 0.854. The molecular formula is C11H8Cl2N4OS. The number of halogens is 2. The molecule has 3 rings (SSSR count). The Kier molecular flexibility index (Phi) is 3.38. The highest BCUT2D eigenvalue weighted by Gasteiger charge is 2.36. The lowest BCUT2D eigenvalue weighted by Gasteiger charge is -2.25. The van der Waals surface area contributed by atoms with E-state index in [1.165, 1.54) is 24.4 Å². The van der Waals surface area contributed by atoms with E-state index in [0.29, 0.717) is 15.8 Å². The number of amides is 1. The second kappa shape index (κ2) is 5.03. The van der Waals surface area contributed by atoms with E-state index < -0.39 is 0 Å². The molecule has 1 amide bonds. The number of hydrogen-bond acceptors (Lipinski definition) is 4. The van der Waals surface area contributed by atoms with Crippen molar-refractivity contribution in [1.29, 1.82) is 0 Å². The Morgan fingerprint density at radius 2 is 1.84 bits per heavy atom. The zero-order valence-corrected chi connectivity index (χ0v) is 11.9. The molecule has 19 heavy (non-hydrogen) atoms. The van der Waals surface area contributed by atoms with E-state index in [9.17, 15) is 4.79 Å². The average Bonchev–Trinajstić information content (AvgIpc) is 2.99. The molecule has 5 nitrogen and oxygen atoms in total. The number of hydrogen-bond donors (Lipinski definition) is 0. The molecular weight excluding hydrogens is 307 g/mol. The van der Waals surface area contributed by atoms with E-state index in [2.05, 4.69) is 10.2 Å². The highest BCUT2D eigenvalue weighted by Crippen LogP contribution is 2.43. The molecule has 0 saturated carbocycles. The highest BCUT2D eigenvalue weighted by molar-refractivity contribution is 8.00. The predicted molar refractivity (Wildman–Crippen MR) is 74.9 cm³/mol. The minimum absolute atomic E-state index is 0.0363. The van der Waals surface area contributed by atoms with Crippen LogP contribution in [0.3, 0.4) is 0 Å². The van der Waals surface area contributed by atoms with Crippen molar-refractivity contribution in [2.75, 3.05) is 10.8 Å². The van der Waals surface area contributed by atoms with E-state index in [0.717, 1.165) is 5.56 Å². The van der Waals surface area contributed by atoms with Crippen molar-refractivity contribution in [3.05, 3.63) is 46.5 Å². The summed E-state index contributed by atoms with van der Waals surface area (Å²) in [5, 5.41) is 9.80. The van der Waals surface area contributed by atoms with Gasteiger partial charge in [-0.15, -0.1) is 22.0 Å². The fourth-order valence-corrected chi connectivity index (χ4v) is 3.88. The molecule has 1 aliphatic rings. The lowest BCUT2D eigenvalue weighted by molar-refractivity contribution is -0.117. The third kappa shape index (κ3) is 2.20. The van der Waals surface area contributed by atoms with Crippen LogP contribution in [0.5, 0.6) is 0 Å². The summed E-state index contributed by atoms with van der Waals surface area (Å²) in [5.41, 5.74) is 0.732. The van der Waals surface area contributed by atoms with E-state index in [-0.39, 0.29) is 11.3 Å². The van der Waals surface area contributed by atoms with Gasteiger partial charge in [-0.25, -0.2) is 9.69 Å². The number of nitrogens with zero attached hydrogens (tertiary/aromatic N) is 4. The van der Waals surface area contributed by atoms with Gasteiger partial charge in [-0.1, -0.05) is 29.3 Å². The zero-order chi connectivity index (χ0) is 13.4. The molecule has 8 heteroatoms. The first-order chi connectivity index (χ1) is 9.18. The Morgan fingerprint density at radius 3 is 2.47 bits per heavy atom. The van der Waals surface area contributed by atoms with Crippen LogP contribution in [-0.4, -0.2) is 26.5 Å². The molecule has 98 valence electrons. The molecule has 0 aliphatic carbocycles. The van der Waals surface area contributed by atoms with E-state index in [1.54, 1.807) is 27.9 Å². The van der Waals surface area contributed by atoms with Crippen molar-refractivity contribution in [3.63, 3.8) is 0 Å². The van der Waals surface area contributed by atoms with Gasteiger partial charge in [0.1, 0.15) is 18.0 Å². The van der Waals surface area contributed by atoms with E-state index in [1.807, 2.05) is 0 Å². The summed E-state index contributed by atoms with van der Waals surface area (Å²) in [6, 6.07) is 5.30. The summed E-state index contributed by atoms with van der Waals surface area (Å²) in [6.45, 7) is 0. The van der Waals surface area contributed by atoms with Gasteiger partial charge >= 0.3 is 0 Å². The van der Waals surface area contributed by atoms with Crippen molar-refractivity contribution in [2.24, 2.45) is 0 Å². The lowest BCUT2D eigenvalue weighted by Crippen LogP contribution is -2.37. The van der Waals surface area contributed by atoms with Crippen LogP contribution >= 0.6 is 35.0 Å². The Hall–Kier alpha value is -1.24. The molecule has 1 aromatic heterocycles. The molecule has 2 heterocycles. The van der Waals surface area contributed by atoms with Gasteiger partial charge < -0.3 is 0 Å². The maximum Gasteiger partial charge on any atom is 0.252 e. The molecule has 0 bridgehead atoms. The smallest absolute Gasteiger partial charge is 0.252 e. The third-order valence-corrected chi connectivity index (χ3v) is 4.57. The molecule has 1 unspecified atom stereocenters. The third-order valence-electron chi connectivity index (χ3n) is 2.74. The second-order valence-electron chi connectivity index (χ2n) is 3.88. The van der Waals surface area contributed by atoms with Crippen LogP contribution in [0.4, 0.5) is 0 Å². The van der Waals surface area contributed by atoms with Gasteiger partial charge in [-0.3, -0.25) is 4.79 Å². The molecule has 1 aliphatic heterocycles. The lowest BCUT2D eigenvalue weighted by atomic mass is 10.2. The molecule has 1 aromatic carbocycles. The number of carbonyl (C=O) groups is 1. The number of rotatable bonds is 2. The molecule has 0 radical (unpaired) electrons. The first-order valence-electron chi connectivity index (χ1n) is 5.41. The second-order valence-corrected chi connectivity index (χ2v) is 5.76. The molecule has 1 fully saturated rings. The van der Waals surface area contributed by atoms with Gasteiger partial charge in [0.15, 0.2) is 0 Å². The van der Waals surface area contributed by atoms with Crippen molar-refractivity contribution < 1.29 is 4.79 Å². The van der Waals surface area contributed by atoms with Crippen LogP contribution in [0.25, 0.3) is 0 Å². The highest BCUT2D eigenvalue weighted by atomic mass is 35.5. The van der Waals surface area contributed by atoms with Crippen LogP contribution in [0.1, 0.15) is 10.9 Å².